The van der Waals surface area contributed by atoms with E-state index in [9.17, 15) is 5.11 Å². The summed E-state index contributed by atoms with van der Waals surface area (Å²) < 4.78 is 3.99. The van der Waals surface area contributed by atoms with Crippen molar-refractivity contribution in [2.24, 2.45) is 0 Å². The number of fused-ring (bicyclic) bond motifs is 1. The van der Waals surface area contributed by atoms with E-state index in [4.69, 9.17) is 17.3 Å². The quantitative estimate of drug-likeness (QED) is 0.726. The fourth-order valence-electron chi connectivity index (χ4n) is 2.59. The van der Waals surface area contributed by atoms with E-state index < -0.39 is 0 Å². The molecule has 0 spiro atoms. The molecule has 3 rings (SSSR count). The zero-order valence-corrected chi connectivity index (χ0v) is 12.3. The van der Waals surface area contributed by atoms with E-state index in [1.54, 1.807) is 0 Å². The Morgan fingerprint density at radius 3 is 2.52 bits per heavy atom. The summed E-state index contributed by atoms with van der Waals surface area (Å²) in [6.45, 7) is 1.21. The monoisotopic (exact) mass is 302 g/mol. The highest BCUT2D eigenvalue weighted by molar-refractivity contribution is 6.30. The third-order valence-electron chi connectivity index (χ3n) is 3.59. The molecular weight excluding hydrogens is 286 g/mol. The summed E-state index contributed by atoms with van der Waals surface area (Å²) in [6, 6.07) is 15.8. The van der Waals surface area contributed by atoms with Gasteiger partial charge in [0.25, 0.3) is 0 Å². The zero-order chi connectivity index (χ0) is 14.8. The second-order valence-corrected chi connectivity index (χ2v) is 5.37. The van der Waals surface area contributed by atoms with Crippen LogP contribution in [0.4, 0.5) is 5.95 Å². The number of imidazole rings is 1. The van der Waals surface area contributed by atoms with Gasteiger partial charge in [0.15, 0.2) is 0 Å². The number of benzene rings is 2. The summed E-state index contributed by atoms with van der Waals surface area (Å²) >= 11 is 5.92. The van der Waals surface area contributed by atoms with Crippen LogP contribution in [0.5, 0.6) is 0 Å². The van der Waals surface area contributed by atoms with Gasteiger partial charge in [0.05, 0.1) is 19.7 Å². The summed E-state index contributed by atoms with van der Waals surface area (Å²) in [5.74, 6) is 0.639. The van der Waals surface area contributed by atoms with E-state index in [0.717, 1.165) is 21.6 Å². The molecule has 0 radical (unpaired) electrons. The van der Waals surface area contributed by atoms with E-state index in [0.29, 0.717) is 19.0 Å². The van der Waals surface area contributed by atoms with Gasteiger partial charge in [-0.3, -0.25) is 5.73 Å². The first-order chi connectivity index (χ1) is 10.2. The van der Waals surface area contributed by atoms with Crippen LogP contribution in [0.2, 0.25) is 5.02 Å². The number of rotatable bonds is 4. The van der Waals surface area contributed by atoms with Crippen LogP contribution in [0, 0.1) is 0 Å². The van der Waals surface area contributed by atoms with Crippen molar-refractivity contribution in [3.05, 3.63) is 59.1 Å². The van der Waals surface area contributed by atoms with Gasteiger partial charge in [-0.1, -0.05) is 35.9 Å². The third kappa shape index (κ3) is 2.60. The largest absolute Gasteiger partial charge is 0.393 e. The highest BCUT2D eigenvalue weighted by atomic mass is 35.5. The molecular formula is C16H17ClN3O+. The number of anilines is 1. The highest BCUT2D eigenvalue weighted by Gasteiger charge is 2.20. The van der Waals surface area contributed by atoms with Gasteiger partial charge in [0.2, 0.25) is 0 Å². The van der Waals surface area contributed by atoms with Crippen molar-refractivity contribution >= 4 is 28.6 Å². The minimum Gasteiger partial charge on any atom is -0.393 e. The lowest BCUT2D eigenvalue weighted by molar-refractivity contribution is -0.648. The molecule has 3 aromatic rings. The first-order valence-electron chi connectivity index (χ1n) is 6.82. The number of aliphatic hydroxyl groups is 1. The Balaban J connectivity index is 2.09. The van der Waals surface area contributed by atoms with Gasteiger partial charge in [-0.05, 0) is 29.8 Å². The molecule has 0 fully saturated rings. The molecule has 2 aromatic carbocycles. The molecule has 0 unspecified atom stereocenters. The number of nitrogens with two attached hydrogens (primary N) is 1. The Bertz CT molecular complexity index is 765. The van der Waals surface area contributed by atoms with Crippen molar-refractivity contribution in [2.75, 3.05) is 12.3 Å². The molecule has 0 saturated heterocycles. The van der Waals surface area contributed by atoms with E-state index in [1.807, 2.05) is 57.7 Å². The van der Waals surface area contributed by atoms with E-state index in [2.05, 4.69) is 0 Å². The minimum atomic E-state index is 0.0593. The Labute approximate surface area is 128 Å². The number of nitrogens with zero attached hydrogens (tertiary/aromatic N) is 2. The third-order valence-corrected chi connectivity index (χ3v) is 3.85. The number of halogens is 1. The van der Waals surface area contributed by atoms with Gasteiger partial charge in [0.1, 0.15) is 11.0 Å². The van der Waals surface area contributed by atoms with Crippen molar-refractivity contribution in [1.29, 1.82) is 0 Å². The first kappa shape index (κ1) is 13.9. The summed E-state index contributed by atoms with van der Waals surface area (Å²) in [7, 11) is 0. The van der Waals surface area contributed by atoms with Gasteiger partial charge in [-0.15, -0.1) is 0 Å². The zero-order valence-electron chi connectivity index (χ0n) is 11.5. The molecule has 4 nitrogen and oxygen atoms in total. The normalized spacial score (nSPS) is 11.1. The van der Waals surface area contributed by atoms with Crippen LogP contribution < -0.4 is 10.3 Å². The summed E-state index contributed by atoms with van der Waals surface area (Å²) in [5.41, 5.74) is 9.48. The number of para-hydroxylation sites is 2. The average molecular weight is 303 g/mol. The van der Waals surface area contributed by atoms with E-state index >= 15 is 0 Å². The molecule has 3 N–H and O–H groups in total. The van der Waals surface area contributed by atoms with Crippen molar-refractivity contribution in [3.8, 4) is 0 Å². The first-order valence-corrected chi connectivity index (χ1v) is 7.20. The number of hydrogen-bond donors (Lipinski definition) is 2. The average Bonchev–Trinajstić information content (AvgIpc) is 2.76. The molecule has 0 atom stereocenters. The van der Waals surface area contributed by atoms with Crippen LogP contribution in [0.1, 0.15) is 5.56 Å². The smallest absolute Gasteiger partial charge is 0.356 e. The molecule has 1 heterocycles. The molecule has 0 amide bonds. The second kappa shape index (κ2) is 5.76. The summed E-state index contributed by atoms with van der Waals surface area (Å²) in [5, 5.41) is 9.95. The SMILES string of the molecule is Nc1n(CCO)c2ccccc2[n+]1Cc1ccc(Cl)cc1. The van der Waals surface area contributed by atoms with Crippen molar-refractivity contribution in [3.63, 3.8) is 0 Å². The van der Waals surface area contributed by atoms with E-state index in [1.165, 1.54) is 0 Å². The molecule has 0 aliphatic carbocycles. The Morgan fingerprint density at radius 2 is 1.81 bits per heavy atom. The van der Waals surface area contributed by atoms with Crippen molar-refractivity contribution < 1.29 is 9.67 Å². The molecule has 1 aromatic heterocycles. The predicted molar refractivity (Wildman–Crippen MR) is 84.2 cm³/mol. The maximum atomic E-state index is 9.23. The highest BCUT2D eigenvalue weighted by Crippen LogP contribution is 2.17. The molecule has 21 heavy (non-hydrogen) atoms. The van der Waals surface area contributed by atoms with Crippen molar-refractivity contribution in [1.82, 2.24) is 4.57 Å². The topological polar surface area (TPSA) is 55.1 Å². The standard InChI is InChI=1S/C16H16ClN3O/c17-13-7-5-12(6-8-13)11-20-15-4-2-1-3-14(15)19(9-10-21)16(20)18/h1-8,18,21H,9-11H2/p+1. The maximum Gasteiger partial charge on any atom is 0.356 e. The summed E-state index contributed by atoms with van der Waals surface area (Å²) in [6.07, 6.45) is 0. The van der Waals surface area contributed by atoms with Gasteiger partial charge < -0.3 is 5.11 Å². The molecule has 0 saturated carbocycles. The van der Waals surface area contributed by atoms with Gasteiger partial charge in [-0.2, -0.15) is 0 Å². The molecule has 5 heteroatoms. The fourth-order valence-corrected chi connectivity index (χ4v) is 2.71. The van der Waals surface area contributed by atoms with Crippen LogP contribution in [-0.2, 0) is 13.1 Å². The van der Waals surface area contributed by atoms with Crippen LogP contribution in [0.3, 0.4) is 0 Å². The summed E-state index contributed by atoms with van der Waals surface area (Å²) in [4.78, 5) is 0. The maximum absolute atomic E-state index is 9.23. The number of hydrogen-bond acceptors (Lipinski definition) is 2. The Morgan fingerprint density at radius 1 is 1.10 bits per heavy atom. The van der Waals surface area contributed by atoms with Crippen LogP contribution in [0.15, 0.2) is 48.5 Å². The number of nitrogen functional groups attached to an aromatic ring is 1. The van der Waals surface area contributed by atoms with Crippen LogP contribution in [0.25, 0.3) is 11.0 Å². The molecule has 0 aliphatic heterocycles. The lowest BCUT2D eigenvalue weighted by Gasteiger charge is -2.02. The lowest BCUT2D eigenvalue weighted by atomic mass is 10.2. The Kier molecular flexibility index (Phi) is 3.82. The predicted octanol–water partition coefficient (Wildman–Crippen LogP) is 2.21. The van der Waals surface area contributed by atoms with Crippen LogP contribution in [-0.4, -0.2) is 16.3 Å². The second-order valence-electron chi connectivity index (χ2n) is 4.93. The minimum absolute atomic E-state index is 0.0593. The number of aromatic nitrogens is 2. The fraction of sp³-hybridized carbons (Fsp3) is 0.188. The van der Waals surface area contributed by atoms with Gasteiger partial charge in [0, 0.05) is 5.02 Å². The molecule has 0 aliphatic rings. The van der Waals surface area contributed by atoms with Crippen LogP contribution >= 0.6 is 11.6 Å². The van der Waals surface area contributed by atoms with Gasteiger partial charge in [-0.25, -0.2) is 9.13 Å². The van der Waals surface area contributed by atoms with Crippen molar-refractivity contribution in [2.45, 2.75) is 13.1 Å². The van der Waals surface area contributed by atoms with E-state index in [-0.39, 0.29) is 6.61 Å². The van der Waals surface area contributed by atoms with Gasteiger partial charge >= 0.3 is 5.95 Å². The Hall–Kier alpha value is -2.04. The molecule has 0 bridgehead atoms. The number of aliphatic hydroxyl groups excluding tert-OH is 1. The lowest BCUT2D eigenvalue weighted by Crippen LogP contribution is -2.37. The molecule has 108 valence electrons.